The standard InChI is InChI=1S/C30H36N4O/c31-28-9-5-4-8-24(28)27-18-21(10-11-25(27)30(32)35)12-15-34-16-13-22(14-17-34)20-33-29-19-26(29)23-6-2-1-3-7-23/h1-11,18,22,26,29,33H,12-17,19-20,31H2,(H2,32,35). The number of amides is 1. The maximum atomic E-state index is 12.0. The number of benzene rings is 3. The number of primary amides is 1. The van der Waals surface area contributed by atoms with Gasteiger partial charge in [0, 0.05) is 35.3 Å². The molecule has 2 aliphatic rings. The Balaban J connectivity index is 1.10. The third-order valence-electron chi connectivity index (χ3n) is 7.71. The lowest BCUT2D eigenvalue weighted by Gasteiger charge is -2.32. The van der Waals surface area contributed by atoms with Gasteiger partial charge in [-0.15, -0.1) is 0 Å². The monoisotopic (exact) mass is 468 g/mol. The van der Waals surface area contributed by atoms with Gasteiger partial charge in [-0.2, -0.15) is 0 Å². The summed E-state index contributed by atoms with van der Waals surface area (Å²) >= 11 is 0. The first-order valence-corrected chi connectivity index (χ1v) is 12.9. The van der Waals surface area contributed by atoms with Gasteiger partial charge >= 0.3 is 0 Å². The van der Waals surface area contributed by atoms with Crippen LogP contribution < -0.4 is 16.8 Å². The highest BCUT2D eigenvalue weighted by Gasteiger charge is 2.38. The highest BCUT2D eigenvalue weighted by atomic mass is 16.1. The van der Waals surface area contributed by atoms with E-state index in [4.69, 9.17) is 11.5 Å². The molecule has 182 valence electrons. The molecule has 1 aliphatic heterocycles. The van der Waals surface area contributed by atoms with E-state index < -0.39 is 5.91 Å². The summed E-state index contributed by atoms with van der Waals surface area (Å²) in [5, 5.41) is 3.82. The van der Waals surface area contributed by atoms with E-state index in [1.54, 1.807) is 0 Å². The van der Waals surface area contributed by atoms with Gasteiger partial charge < -0.3 is 21.7 Å². The molecule has 2 unspecified atom stereocenters. The van der Waals surface area contributed by atoms with Gasteiger partial charge in [0.15, 0.2) is 0 Å². The Hall–Kier alpha value is -3.15. The van der Waals surface area contributed by atoms with Crippen LogP contribution in [0.2, 0.25) is 0 Å². The van der Waals surface area contributed by atoms with Crippen LogP contribution in [-0.2, 0) is 6.42 Å². The molecule has 1 aliphatic carbocycles. The van der Waals surface area contributed by atoms with Gasteiger partial charge in [-0.3, -0.25) is 4.79 Å². The third kappa shape index (κ3) is 5.75. The van der Waals surface area contributed by atoms with E-state index in [1.807, 2.05) is 36.4 Å². The summed E-state index contributed by atoms with van der Waals surface area (Å²) in [6.07, 6.45) is 4.72. The molecule has 0 bridgehead atoms. The molecule has 1 heterocycles. The minimum atomic E-state index is -0.424. The van der Waals surface area contributed by atoms with Crippen LogP contribution in [0.25, 0.3) is 11.1 Å². The molecule has 3 aromatic carbocycles. The quantitative estimate of drug-likeness (QED) is 0.406. The van der Waals surface area contributed by atoms with E-state index in [0.717, 1.165) is 49.6 Å². The molecule has 0 aromatic heterocycles. The number of hydrogen-bond donors (Lipinski definition) is 3. The van der Waals surface area contributed by atoms with E-state index >= 15 is 0 Å². The molecular weight excluding hydrogens is 432 g/mol. The summed E-state index contributed by atoms with van der Waals surface area (Å²) < 4.78 is 0. The highest BCUT2D eigenvalue weighted by Crippen LogP contribution is 2.40. The van der Waals surface area contributed by atoms with Crippen molar-refractivity contribution in [2.75, 3.05) is 31.9 Å². The first-order valence-electron chi connectivity index (χ1n) is 12.9. The Morgan fingerprint density at radius 2 is 1.69 bits per heavy atom. The van der Waals surface area contributed by atoms with E-state index in [1.165, 1.54) is 30.4 Å². The molecule has 1 saturated heterocycles. The molecule has 5 heteroatoms. The average molecular weight is 469 g/mol. The summed E-state index contributed by atoms with van der Waals surface area (Å²) in [6.45, 7) is 4.46. The van der Waals surface area contributed by atoms with Gasteiger partial charge in [0.2, 0.25) is 5.91 Å². The third-order valence-corrected chi connectivity index (χ3v) is 7.71. The number of hydrogen-bond acceptors (Lipinski definition) is 4. The van der Waals surface area contributed by atoms with Crippen molar-refractivity contribution in [3.8, 4) is 11.1 Å². The predicted molar refractivity (Wildman–Crippen MR) is 143 cm³/mol. The number of anilines is 1. The molecule has 35 heavy (non-hydrogen) atoms. The Kier molecular flexibility index (Phi) is 7.16. The molecule has 3 aromatic rings. The highest BCUT2D eigenvalue weighted by molar-refractivity contribution is 6.01. The maximum absolute atomic E-state index is 12.0. The number of rotatable bonds is 9. The lowest BCUT2D eigenvalue weighted by atomic mass is 9.94. The van der Waals surface area contributed by atoms with Crippen molar-refractivity contribution in [3.05, 3.63) is 89.5 Å². The second-order valence-corrected chi connectivity index (χ2v) is 10.1. The molecule has 5 nitrogen and oxygen atoms in total. The van der Waals surface area contributed by atoms with Crippen molar-refractivity contribution in [3.63, 3.8) is 0 Å². The fraction of sp³-hybridized carbons (Fsp3) is 0.367. The zero-order valence-corrected chi connectivity index (χ0v) is 20.3. The summed E-state index contributed by atoms with van der Waals surface area (Å²) in [7, 11) is 0. The van der Waals surface area contributed by atoms with E-state index in [2.05, 4.69) is 46.6 Å². The number of nitrogen functional groups attached to an aromatic ring is 1. The second-order valence-electron chi connectivity index (χ2n) is 10.1. The summed E-state index contributed by atoms with van der Waals surface area (Å²) in [5.74, 6) is 1.05. The predicted octanol–water partition coefficient (Wildman–Crippen LogP) is 4.43. The van der Waals surface area contributed by atoms with Gasteiger partial charge in [-0.1, -0.05) is 60.7 Å². The summed E-state index contributed by atoms with van der Waals surface area (Å²) in [6, 6.07) is 25.1. The molecule has 1 saturated carbocycles. The number of nitrogens with two attached hydrogens (primary N) is 2. The molecule has 5 N–H and O–H groups in total. The van der Waals surface area contributed by atoms with Crippen LogP contribution in [0.4, 0.5) is 5.69 Å². The van der Waals surface area contributed by atoms with Gasteiger partial charge in [0.25, 0.3) is 0 Å². The molecule has 1 amide bonds. The van der Waals surface area contributed by atoms with Crippen molar-refractivity contribution in [1.82, 2.24) is 10.2 Å². The lowest BCUT2D eigenvalue weighted by molar-refractivity contribution is 0.100. The number of nitrogens with zero attached hydrogens (tertiary/aromatic N) is 1. The van der Waals surface area contributed by atoms with E-state index in [9.17, 15) is 4.79 Å². The first-order chi connectivity index (χ1) is 17.1. The minimum Gasteiger partial charge on any atom is -0.398 e. The van der Waals surface area contributed by atoms with Crippen LogP contribution in [0, 0.1) is 5.92 Å². The Bertz CT molecular complexity index is 1150. The number of carbonyl (C=O) groups is 1. The van der Waals surface area contributed by atoms with Crippen molar-refractivity contribution in [2.24, 2.45) is 11.7 Å². The fourth-order valence-electron chi connectivity index (χ4n) is 5.44. The molecule has 0 spiro atoms. The smallest absolute Gasteiger partial charge is 0.249 e. The van der Waals surface area contributed by atoms with E-state index in [-0.39, 0.29) is 0 Å². The van der Waals surface area contributed by atoms with Crippen molar-refractivity contribution in [1.29, 1.82) is 0 Å². The van der Waals surface area contributed by atoms with Gasteiger partial charge in [0.1, 0.15) is 0 Å². The SMILES string of the molecule is NC(=O)c1ccc(CCN2CCC(CNC3CC3c3ccccc3)CC2)cc1-c1ccccc1N. The van der Waals surface area contributed by atoms with Crippen LogP contribution in [0.3, 0.4) is 0 Å². The zero-order valence-electron chi connectivity index (χ0n) is 20.3. The van der Waals surface area contributed by atoms with Gasteiger partial charge in [0.05, 0.1) is 0 Å². The van der Waals surface area contributed by atoms with Gasteiger partial charge in [-0.25, -0.2) is 0 Å². The molecule has 5 rings (SSSR count). The number of para-hydroxylation sites is 1. The average Bonchev–Trinajstić information content (AvgIpc) is 3.67. The van der Waals surface area contributed by atoms with Crippen LogP contribution in [0.15, 0.2) is 72.8 Å². The van der Waals surface area contributed by atoms with Crippen LogP contribution in [-0.4, -0.2) is 43.0 Å². The first kappa shape index (κ1) is 23.6. The van der Waals surface area contributed by atoms with E-state index in [0.29, 0.717) is 23.2 Å². The Labute approximate surface area is 208 Å². The van der Waals surface area contributed by atoms with Crippen molar-refractivity contribution >= 4 is 11.6 Å². The molecule has 2 fully saturated rings. The topological polar surface area (TPSA) is 84.4 Å². The molecule has 2 atom stereocenters. The molecule has 0 radical (unpaired) electrons. The lowest BCUT2D eigenvalue weighted by Crippen LogP contribution is -2.38. The maximum Gasteiger partial charge on any atom is 0.249 e. The number of nitrogens with one attached hydrogen (secondary N) is 1. The normalized spacial score (nSPS) is 20.6. The van der Waals surface area contributed by atoms with Crippen molar-refractivity contribution in [2.45, 2.75) is 37.6 Å². The zero-order chi connectivity index (χ0) is 24.2. The fourth-order valence-corrected chi connectivity index (χ4v) is 5.44. The van der Waals surface area contributed by atoms with Crippen LogP contribution in [0.1, 0.15) is 46.7 Å². The molecular formula is C30H36N4O. The Morgan fingerprint density at radius 1 is 0.943 bits per heavy atom. The summed E-state index contributed by atoms with van der Waals surface area (Å²) in [5.41, 5.74) is 17.4. The second kappa shape index (κ2) is 10.6. The van der Waals surface area contributed by atoms with Crippen LogP contribution >= 0.6 is 0 Å². The van der Waals surface area contributed by atoms with Gasteiger partial charge in [-0.05, 0) is 80.1 Å². The number of carbonyl (C=O) groups excluding carboxylic acids is 1. The minimum absolute atomic E-state index is 0.424. The summed E-state index contributed by atoms with van der Waals surface area (Å²) in [4.78, 5) is 14.6. The largest absolute Gasteiger partial charge is 0.398 e. The number of likely N-dealkylation sites (tertiary alicyclic amines) is 1. The Morgan fingerprint density at radius 3 is 2.43 bits per heavy atom. The number of piperidine rings is 1. The van der Waals surface area contributed by atoms with Crippen LogP contribution in [0.5, 0.6) is 0 Å². The van der Waals surface area contributed by atoms with Crippen molar-refractivity contribution < 1.29 is 4.79 Å².